The van der Waals surface area contributed by atoms with E-state index in [1.54, 1.807) is 36.5 Å². The molecule has 0 radical (unpaired) electrons. The van der Waals surface area contributed by atoms with Gasteiger partial charge < -0.3 is 10.2 Å². The quantitative estimate of drug-likeness (QED) is 0.452. The molecule has 1 saturated heterocycles. The number of benzene rings is 1. The monoisotopic (exact) mass is 502 g/mol. The first kappa shape index (κ1) is 23.2. The van der Waals surface area contributed by atoms with E-state index in [4.69, 9.17) is 0 Å². The molecule has 9 nitrogen and oxygen atoms in total. The highest BCUT2D eigenvalue weighted by Gasteiger charge is 2.36. The van der Waals surface area contributed by atoms with E-state index in [2.05, 4.69) is 15.3 Å². The molecule has 1 N–H and O–H groups in total. The van der Waals surface area contributed by atoms with Crippen molar-refractivity contribution in [3.05, 3.63) is 60.2 Å². The Labute approximate surface area is 200 Å². The lowest BCUT2D eigenvalue weighted by atomic mass is 9.95. The van der Waals surface area contributed by atoms with Gasteiger partial charge in [0.2, 0.25) is 0 Å². The van der Waals surface area contributed by atoms with Crippen molar-refractivity contribution < 1.29 is 22.0 Å². The summed E-state index contributed by atoms with van der Waals surface area (Å²) in [5, 5.41) is 2.25. The van der Waals surface area contributed by atoms with Gasteiger partial charge in [0.15, 0.2) is 11.3 Å². The molecular weight excluding hydrogens is 478 g/mol. The first-order chi connectivity index (χ1) is 16.7. The first-order valence-corrected chi connectivity index (χ1v) is 12.6. The third-order valence-corrected chi connectivity index (χ3v) is 8.11. The molecule has 1 aliphatic heterocycles. The average Bonchev–Trinajstić information content (AvgIpc) is 3.53. The number of imidazole rings is 1. The number of nitrogens with zero attached hydrogens (tertiary/aromatic N) is 5. The fourth-order valence-corrected chi connectivity index (χ4v) is 5.92. The summed E-state index contributed by atoms with van der Waals surface area (Å²) in [5.74, 6) is -0.0845. The summed E-state index contributed by atoms with van der Waals surface area (Å²) in [6.45, 7) is 3.91. The maximum Gasteiger partial charge on any atom is 0.317 e. The first-order valence-electron chi connectivity index (χ1n) is 11.1. The fraction of sp³-hybridized carbons (Fsp3) is 0.348. The molecule has 0 saturated carbocycles. The Kier molecular flexibility index (Phi) is 5.70. The lowest BCUT2D eigenvalue weighted by molar-refractivity contribution is 0.141. The maximum absolute atomic E-state index is 13.3. The fourth-order valence-electron chi connectivity index (χ4n) is 4.62. The van der Waals surface area contributed by atoms with E-state index in [0.717, 1.165) is 15.2 Å². The van der Waals surface area contributed by atoms with Gasteiger partial charge in [0.1, 0.15) is 0 Å². The third-order valence-electron chi connectivity index (χ3n) is 6.43. The molecular formula is C23H24F2N6O3S. The van der Waals surface area contributed by atoms with Crippen LogP contribution in [-0.4, -0.2) is 63.7 Å². The van der Waals surface area contributed by atoms with Crippen LogP contribution in [0, 0.1) is 12.8 Å². The van der Waals surface area contributed by atoms with Crippen LogP contribution < -0.4 is 5.32 Å². The summed E-state index contributed by atoms with van der Waals surface area (Å²) in [6.07, 6.45) is 2.07. The van der Waals surface area contributed by atoms with Crippen LogP contribution in [0.4, 0.5) is 13.6 Å². The number of carbonyl (C=O) groups excluding carboxylic acids is 1. The number of aryl methyl sites for hydroxylation is 1. The molecule has 2 atom stereocenters. The lowest BCUT2D eigenvalue weighted by Gasteiger charge is -2.17. The zero-order chi connectivity index (χ0) is 24.9. The second-order valence-corrected chi connectivity index (χ2v) is 10.7. The lowest BCUT2D eigenvalue weighted by Crippen LogP contribution is -2.40. The molecule has 1 aliphatic rings. The average molecular weight is 503 g/mol. The van der Waals surface area contributed by atoms with Crippen LogP contribution in [-0.2, 0) is 10.0 Å². The van der Waals surface area contributed by atoms with E-state index in [9.17, 15) is 22.0 Å². The summed E-state index contributed by atoms with van der Waals surface area (Å²) in [4.78, 5) is 22.8. The number of hydrogen-bond acceptors (Lipinski definition) is 5. The second kappa shape index (κ2) is 8.59. The van der Waals surface area contributed by atoms with Crippen molar-refractivity contribution in [2.75, 3.05) is 19.6 Å². The van der Waals surface area contributed by atoms with E-state index >= 15 is 0 Å². The molecule has 0 spiro atoms. The minimum absolute atomic E-state index is 0.0359. The van der Waals surface area contributed by atoms with Crippen LogP contribution in [0.5, 0.6) is 0 Å². The van der Waals surface area contributed by atoms with Gasteiger partial charge in [-0.05, 0) is 31.0 Å². The number of aromatic nitrogens is 4. The van der Waals surface area contributed by atoms with Gasteiger partial charge in [0, 0.05) is 37.1 Å². The Balaban J connectivity index is 1.53. The maximum atomic E-state index is 13.3. The van der Waals surface area contributed by atoms with Crippen LogP contribution in [0.1, 0.15) is 24.1 Å². The SMILES string of the molecule is Cc1ccc(S(=O)(=O)n2ccc3c2ncc2ncc([C@H]4CN(C(=O)NCC(F)F)C[C@H]4C)n23)cc1. The van der Waals surface area contributed by atoms with Gasteiger partial charge in [-0.1, -0.05) is 24.6 Å². The number of hydrogen-bond donors (Lipinski definition) is 1. The van der Waals surface area contributed by atoms with E-state index in [1.807, 2.05) is 18.2 Å². The zero-order valence-electron chi connectivity index (χ0n) is 19.1. The van der Waals surface area contributed by atoms with Gasteiger partial charge in [-0.25, -0.2) is 35.9 Å². The Morgan fingerprint density at radius 3 is 2.60 bits per heavy atom. The molecule has 1 aromatic carbocycles. The summed E-state index contributed by atoms with van der Waals surface area (Å²) in [6, 6.07) is 7.75. The molecule has 184 valence electrons. The van der Waals surface area contributed by atoms with Crippen molar-refractivity contribution in [2.45, 2.75) is 31.1 Å². The van der Waals surface area contributed by atoms with Crippen LogP contribution in [0.15, 0.2) is 53.8 Å². The zero-order valence-corrected chi connectivity index (χ0v) is 19.9. The number of rotatable bonds is 5. The van der Waals surface area contributed by atoms with Crippen LogP contribution in [0.25, 0.3) is 16.8 Å². The Morgan fingerprint density at radius 1 is 1.14 bits per heavy atom. The van der Waals surface area contributed by atoms with Crippen molar-refractivity contribution in [3.8, 4) is 0 Å². The van der Waals surface area contributed by atoms with Crippen molar-refractivity contribution >= 4 is 32.9 Å². The van der Waals surface area contributed by atoms with Gasteiger partial charge in [0.25, 0.3) is 16.4 Å². The highest BCUT2D eigenvalue weighted by molar-refractivity contribution is 7.90. The molecule has 35 heavy (non-hydrogen) atoms. The van der Waals surface area contributed by atoms with E-state index in [0.29, 0.717) is 24.3 Å². The minimum Gasteiger partial charge on any atom is -0.332 e. The van der Waals surface area contributed by atoms with Gasteiger partial charge in [-0.2, -0.15) is 0 Å². The summed E-state index contributed by atoms with van der Waals surface area (Å²) < 4.78 is 54.6. The predicted octanol–water partition coefficient (Wildman–Crippen LogP) is 3.24. The minimum atomic E-state index is -3.87. The van der Waals surface area contributed by atoms with E-state index in [1.165, 1.54) is 17.3 Å². The highest BCUT2D eigenvalue weighted by Crippen LogP contribution is 2.34. The summed E-state index contributed by atoms with van der Waals surface area (Å²) >= 11 is 0. The molecule has 1 fully saturated rings. The van der Waals surface area contributed by atoms with Crippen molar-refractivity contribution in [1.82, 2.24) is 28.6 Å². The molecule has 5 rings (SSSR count). The number of urea groups is 1. The molecule has 0 bridgehead atoms. The Bertz CT molecular complexity index is 1510. The van der Waals surface area contributed by atoms with Gasteiger partial charge in [0.05, 0.1) is 23.2 Å². The molecule has 3 aromatic heterocycles. The van der Waals surface area contributed by atoms with Crippen molar-refractivity contribution in [3.63, 3.8) is 0 Å². The number of carbonyl (C=O) groups is 1. The molecule has 12 heteroatoms. The molecule has 2 amide bonds. The number of fused-ring (bicyclic) bond motifs is 3. The standard InChI is InChI=1S/C23H24F2N6O3S/c1-14-3-5-16(6-4-14)35(33,34)30-8-7-18-22(30)27-11-21-26-9-19(31(18)21)17-13-29(12-15(17)2)23(32)28-10-20(24)25/h3-9,11,15,17,20H,10,12-13H2,1-2H3,(H,28,32)/t15-,17+/m1/s1. The number of halogens is 2. The molecule has 4 heterocycles. The van der Waals surface area contributed by atoms with Gasteiger partial charge >= 0.3 is 6.03 Å². The summed E-state index contributed by atoms with van der Waals surface area (Å²) in [7, 11) is -3.87. The molecule has 0 aliphatic carbocycles. The topological polar surface area (TPSA) is 102 Å². The number of nitrogens with one attached hydrogen (secondary N) is 1. The van der Waals surface area contributed by atoms with Crippen LogP contribution in [0.3, 0.4) is 0 Å². The van der Waals surface area contributed by atoms with Crippen molar-refractivity contribution in [1.29, 1.82) is 0 Å². The van der Waals surface area contributed by atoms with E-state index < -0.39 is 29.0 Å². The Hall–Kier alpha value is -3.54. The highest BCUT2D eigenvalue weighted by atomic mass is 32.2. The second-order valence-electron chi connectivity index (χ2n) is 8.84. The van der Waals surface area contributed by atoms with Crippen molar-refractivity contribution in [2.24, 2.45) is 5.92 Å². The number of alkyl halides is 2. The Morgan fingerprint density at radius 2 is 1.89 bits per heavy atom. The third kappa shape index (κ3) is 4.01. The van der Waals surface area contributed by atoms with Crippen LogP contribution in [0.2, 0.25) is 0 Å². The number of amides is 2. The predicted molar refractivity (Wildman–Crippen MR) is 125 cm³/mol. The van der Waals surface area contributed by atoms with Gasteiger partial charge in [-0.15, -0.1) is 0 Å². The smallest absolute Gasteiger partial charge is 0.317 e. The largest absolute Gasteiger partial charge is 0.332 e. The normalized spacial score (nSPS) is 18.7. The summed E-state index contributed by atoms with van der Waals surface area (Å²) in [5.41, 5.74) is 3.13. The van der Waals surface area contributed by atoms with Crippen LogP contribution >= 0.6 is 0 Å². The molecule has 4 aromatic rings. The molecule has 0 unspecified atom stereocenters. The van der Waals surface area contributed by atoms with Gasteiger partial charge in [-0.3, -0.25) is 4.40 Å². The van der Waals surface area contributed by atoms with E-state index in [-0.39, 0.29) is 22.4 Å². The number of likely N-dealkylation sites (tertiary alicyclic amines) is 1.